The van der Waals surface area contributed by atoms with Gasteiger partial charge >= 0.3 is 5.97 Å². The van der Waals surface area contributed by atoms with Gasteiger partial charge in [-0.3, -0.25) is 9.58 Å². The number of para-hydroxylation sites is 1. The number of nitrogens with zero attached hydrogens (tertiary/aromatic N) is 6. The number of esters is 1. The molecule has 5 aromatic rings. The second-order valence-electron chi connectivity index (χ2n) is 11.8. The van der Waals surface area contributed by atoms with E-state index in [1.165, 1.54) is 11.1 Å². The lowest BCUT2D eigenvalue weighted by atomic mass is 10.0. The molecule has 3 heterocycles. The molecule has 0 bridgehead atoms. The maximum Gasteiger partial charge on any atom is 0.341 e. The van der Waals surface area contributed by atoms with Gasteiger partial charge in [0.2, 0.25) is 0 Å². The van der Waals surface area contributed by atoms with Crippen molar-refractivity contribution in [3.8, 4) is 22.6 Å². The van der Waals surface area contributed by atoms with Crippen LogP contribution in [0.4, 0.5) is 0 Å². The quantitative estimate of drug-likeness (QED) is 0.209. The van der Waals surface area contributed by atoms with Gasteiger partial charge in [0.05, 0.1) is 29.9 Å². The Labute approximate surface area is 257 Å². The lowest BCUT2D eigenvalue weighted by Gasteiger charge is -2.22. The molecule has 9 heteroatoms. The Hall–Kier alpha value is -4.76. The van der Waals surface area contributed by atoms with Gasteiger partial charge in [0, 0.05) is 50.3 Å². The van der Waals surface area contributed by atoms with E-state index in [0.29, 0.717) is 12.2 Å². The molecule has 1 saturated carbocycles. The summed E-state index contributed by atoms with van der Waals surface area (Å²) < 4.78 is 15.2. The molecule has 1 aliphatic heterocycles. The van der Waals surface area contributed by atoms with E-state index in [9.17, 15) is 4.79 Å². The fourth-order valence-corrected chi connectivity index (χ4v) is 6.36. The van der Waals surface area contributed by atoms with Crippen LogP contribution >= 0.6 is 0 Å². The first-order valence-electron chi connectivity index (χ1n) is 15.2. The van der Waals surface area contributed by atoms with Gasteiger partial charge < -0.3 is 9.47 Å². The summed E-state index contributed by atoms with van der Waals surface area (Å²) in [6.07, 6.45) is 4.57. The van der Waals surface area contributed by atoms with Crippen molar-refractivity contribution in [2.45, 2.75) is 51.3 Å². The minimum absolute atomic E-state index is 0.103. The Morgan fingerprint density at radius 3 is 2.66 bits per heavy atom. The monoisotopic (exact) mass is 588 g/mol. The van der Waals surface area contributed by atoms with Crippen molar-refractivity contribution in [2.75, 3.05) is 13.2 Å². The van der Waals surface area contributed by atoms with Crippen molar-refractivity contribution >= 4 is 5.97 Å². The van der Waals surface area contributed by atoms with E-state index in [1.807, 2.05) is 43.0 Å². The number of hydrogen-bond donors (Lipinski definition) is 0. The molecule has 224 valence electrons. The Balaban J connectivity index is 1.17. The highest BCUT2D eigenvalue weighted by Gasteiger charge is 2.46. The Morgan fingerprint density at radius 2 is 1.84 bits per heavy atom. The van der Waals surface area contributed by atoms with Crippen LogP contribution in [0, 0.1) is 0 Å². The second kappa shape index (κ2) is 11.7. The van der Waals surface area contributed by atoms with Crippen LogP contribution in [0.5, 0.6) is 5.75 Å². The van der Waals surface area contributed by atoms with Crippen LogP contribution in [0.2, 0.25) is 0 Å². The lowest BCUT2D eigenvalue weighted by Crippen LogP contribution is -2.30. The molecule has 0 radical (unpaired) electrons. The van der Waals surface area contributed by atoms with E-state index in [2.05, 4.69) is 76.7 Å². The topological polar surface area (TPSA) is 87.3 Å². The third-order valence-corrected chi connectivity index (χ3v) is 8.41. The molecule has 44 heavy (non-hydrogen) atoms. The van der Waals surface area contributed by atoms with Crippen molar-refractivity contribution in [3.05, 3.63) is 113 Å². The van der Waals surface area contributed by atoms with Gasteiger partial charge in [0.1, 0.15) is 17.4 Å². The highest BCUT2D eigenvalue weighted by Crippen LogP contribution is 2.55. The van der Waals surface area contributed by atoms with Gasteiger partial charge in [0.25, 0.3) is 0 Å². The molecule has 1 aliphatic carbocycles. The fourth-order valence-electron chi connectivity index (χ4n) is 6.36. The summed E-state index contributed by atoms with van der Waals surface area (Å²) >= 11 is 0. The zero-order valence-corrected chi connectivity index (χ0v) is 25.3. The van der Waals surface area contributed by atoms with Crippen LogP contribution < -0.4 is 4.74 Å². The normalized spacial score (nSPS) is 19.6. The number of benzene rings is 3. The van der Waals surface area contributed by atoms with E-state index in [4.69, 9.17) is 14.6 Å². The molecule has 2 unspecified atom stereocenters. The van der Waals surface area contributed by atoms with E-state index in [-0.39, 0.29) is 23.9 Å². The standard InChI is InChI=1S/C35H36N6O3/c1-4-43-35(42)31-18-36-41(34(31)30-17-29(30)32-22-39(3)38-37-32)28-13-8-12-26(16-28)25-11-7-9-24(15-25)20-40-19-23(2)44-33-14-6-5-10-27(33)21-40/h5-16,18,22-23,29-30H,4,17,19-21H2,1-3H3/t23-,29?,30?/m1/s1. The van der Waals surface area contributed by atoms with Gasteiger partial charge in [-0.05, 0) is 61.2 Å². The summed E-state index contributed by atoms with van der Waals surface area (Å²) in [5.41, 5.74) is 7.88. The largest absolute Gasteiger partial charge is 0.489 e. The molecule has 7 rings (SSSR count). The van der Waals surface area contributed by atoms with Crippen molar-refractivity contribution in [1.82, 2.24) is 29.7 Å². The Bertz CT molecular complexity index is 1810. The highest BCUT2D eigenvalue weighted by molar-refractivity contribution is 5.91. The fraction of sp³-hybridized carbons (Fsp3) is 0.314. The minimum Gasteiger partial charge on any atom is -0.489 e. The number of carbonyl (C=O) groups is 1. The van der Waals surface area contributed by atoms with Crippen LogP contribution in [0.3, 0.4) is 0 Å². The smallest absolute Gasteiger partial charge is 0.341 e. The SMILES string of the molecule is CCOC(=O)c1cnn(-c2cccc(-c3cccc(CN4Cc5ccccc5O[C@H](C)C4)c3)c2)c1C1CC1c1cn(C)nn1. The molecule has 9 nitrogen and oxygen atoms in total. The van der Waals surface area contributed by atoms with Crippen molar-refractivity contribution in [1.29, 1.82) is 0 Å². The molecule has 0 spiro atoms. The molecule has 0 amide bonds. The molecule has 2 aliphatic rings. The zero-order chi connectivity index (χ0) is 30.2. The number of hydrogen-bond acceptors (Lipinski definition) is 7. The Kier molecular flexibility index (Phi) is 7.47. The summed E-state index contributed by atoms with van der Waals surface area (Å²) in [4.78, 5) is 15.4. The van der Waals surface area contributed by atoms with Crippen LogP contribution in [-0.2, 0) is 24.9 Å². The number of fused-ring (bicyclic) bond motifs is 1. The van der Waals surface area contributed by atoms with Crippen LogP contribution in [0.1, 0.15) is 65.0 Å². The number of aryl methyl sites for hydroxylation is 1. The summed E-state index contributed by atoms with van der Waals surface area (Å²) in [5, 5.41) is 13.1. The van der Waals surface area contributed by atoms with Gasteiger partial charge in [-0.2, -0.15) is 5.10 Å². The average Bonchev–Trinajstić information content (AvgIpc) is 3.53. The molecule has 3 atom stereocenters. The zero-order valence-electron chi connectivity index (χ0n) is 25.3. The third-order valence-electron chi connectivity index (χ3n) is 8.41. The summed E-state index contributed by atoms with van der Waals surface area (Å²) in [6.45, 7) is 6.79. The molecular formula is C35H36N6O3. The number of rotatable bonds is 8. The number of carbonyl (C=O) groups excluding carboxylic acids is 1. The average molecular weight is 589 g/mol. The molecule has 0 N–H and O–H groups in total. The maximum absolute atomic E-state index is 13.0. The molecule has 0 saturated heterocycles. The Morgan fingerprint density at radius 1 is 1.02 bits per heavy atom. The molecular weight excluding hydrogens is 552 g/mol. The van der Waals surface area contributed by atoms with E-state index < -0.39 is 0 Å². The molecule has 2 aromatic heterocycles. The van der Waals surface area contributed by atoms with Crippen molar-refractivity contribution < 1.29 is 14.3 Å². The van der Waals surface area contributed by atoms with Gasteiger partial charge in [0.15, 0.2) is 0 Å². The first-order chi connectivity index (χ1) is 21.5. The van der Waals surface area contributed by atoms with E-state index in [0.717, 1.165) is 60.0 Å². The lowest BCUT2D eigenvalue weighted by molar-refractivity contribution is 0.0525. The number of ether oxygens (including phenoxy) is 2. The minimum atomic E-state index is -0.349. The van der Waals surface area contributed by atoms with Gasteiger partial charge in [-0.25, -0.2) is 9.48 Å². The summed E-state index contributed by atoms with van der Waals surface area (Å²) in [6, 6.07) is 25.4. The number of aromatic nitrogens is 5. The van der Waals surface area contributed by atoms with Gasteiger partial charge in [-0.15, -0.1) is 5.10 Å². The predicted octanol–water partition coefficient (Wildman–Crippen LogP) is 5.90. The summed E-state index contributed by atoms with van der Waals surface area (Å²) in [7, 11) is 1.87. The van der Waals surface area contributed by atoms with Crippen molar-refractivity contribution in [3.63, 3.8) is 0 Å². The third kappa shape index (κ3) is 5.63. The molecule has 3 aromatic carbocycles. The first kappa shape index (κ1) is 28.0. The maximum atomic E-state index is 13.0. The van der Waals surface area contributed by atoms with Crippen molar-refractivity contribution in [2.24, 2.45) is 7.05 Å². The van der Waals surface area contributed by atoms with E-state index in [1.54, 1.807) is 10.9 Å². The van der Waals surface area contributed by atoms with E-state index >= 15 is 0 Å². The first-order valence-corrected chi connectivity index (χ1v) is 15.2. The van der Waals surface area contributed by atoms with Crippen LogP contribution in [0.15, 0.2) is 85.2 Å². The molecule has 1 fully saturated rings. The van der Waals surface area contributed by atoms with Crippen LogP contribution in [0.25, 0.3) is 16.8 Å². The van der Waals surface area contributed by atoms with Gasteiger partial charge in [-0.1, -0.05) is 53.7 Å². The predicted molar refractivity (Wildman–Crippen MR) is 167 cm³/mol. The second-order valence-corrected chi connectivity index (χ2v) is 11.8. The van der Waals surface area contributed by atoms with Crippen LogP contribution in [-0.4, -0.2) is 54.9 Å². The highest BCUT2D eigenvalue weighted by atomic mass is 16.5. The summed E-state index contributed by atoms with van der Waals surface area (Å²) in [5.74, 6) is 0.918.